The van der Waals surface area contributed by atoms with Crippen LogP contribution in [-0.4, -0.2) is 59.4 Å². The SMILES string of the molecule is O=C(Cn1cc(C(=O)C(=O)N2CCOCC2)c2ccccc21)NC1CCCCCC1. The van der Waals surface area contributed by atoms with E-state index in [1.807, 2.05) is 24.3 Å². The van der Waals surface area contributed by atoms with E-state index in [9.17, 15) is 14.4 Å². The predicted molar refractivity (Wildman–Crippen MR) is 113 cm³/mol. The average Bonchev–Trinajstić information content (AvgIpc) is 2.94. The number of benzene rings is 1. The Bertz CT molecular complexity index is 922. The molecular formula is C23H29N3O4. The highest BCUT2D eigenvalue weighted by molar-refractivity contribution is 6.44. The van der Waals surface area contributed by atoms with Gasteiger partial charge in [0, 0.05) is 36.2 Å². The summed E-state index contributed by atoms with van der Waals surface area (Å²) >= 11 is 0. The summed E-state index contributed by atoms with van der Waals surface area (Å²) in [6.45, 7) is 1.88. The zero-order valence-electron chi connectivity index (χ0n) is 17.3. The number of fused-ring (bicyclic) bond motifs is 1. The van der Waals surface area contributed by atoms with Crippen molar-refractivity contribution in [3.8, 4) is 0 Å². The molecule has 2 aromatic rings. The summed E-state index contributed by atoms with van der Waals surface area (Å²) in [5.41, 5.74) is 1.14. The molecule has 1 aliphatic heterocycles. The summed E-state index contributed by atoms with van der Waals surface area (Å²) in [7, 11) is 0. The maximum Gasteiger partial charge on any atom is 0.295 e. The van der Waals surface area contributed by atoms with Gasteiger partial charge in [-0.05, 0) is 18.9 Å². The van der Waals surface area contributed by atoms with Crippen molar-refractivity contribution in [2.24, 2.45) is 0 Å². The number of morpholine rings is 1. The third kappa shape index (κ3) is 4.56. The van der Waals surface area contributed by atoms with Gasteiger partial charge in [-0.1, -0.05) is 43.9 Å². The lowest BCUT2D eigenvalue weighted by Gasteiger charge is -2.25. The number of aromatic nitrogens is 1. The number of amides is 2. The highest BCUT2D eigenvalue weighted by Gasteiger charge is 2.28. The van der Waals surface area contributed by atoms with Crippen LogP contribution in [0.5, 0.6) is 0 Å². The van der Waals surface area contributed by atoms with E-state index in [0.29, 0.717) is 37.3 Å². The van der Waals surface area contributed by atoms with Crippen molar-refractivity contribution < 1.29 is 19.1 Å². The number of para-hydroxylation sites is 1. The second-order valence-corrected chi connectivity index (χ2v) is 8.18. The molecule has 1 saturated carbocycles. The standard InChI is InChI=1S/C23H29N3O4/c27-21(24-17-7-3-1-2-4-8-17)16-26-15-19(18-9-5-6-10-20(18)26)22(28)23(29)25-11-13-30-14-12-25/h5-6,9-10,15,17H,1-4,7-8,11-14,16H2,(H,24,27). The molecule has 1 aromatic heterocycles. The predicted octanol–water partition coefficient (Wildman–Crippen LogP) is 2.52. The van der Waals surface area contributed by atoms with Gasteiger partial charge in [0.25, 0.3) is 11.7 Å². The first-order valence-electron chi connectivity index (χ1n) is 10.9. The maximum atomic E-state index is 13.0. The molecule has 1 aliphatic carbocycles. The van der Waals surface area contributed by atoms with Gasteiger partial charge < -0.3 is 19.5 Å². The summed E-state index contributed by atoms with van der Waals surface area (Å²) in [5.74, 6) is -1.10. The summed E-state index contributed by atoms with van der Waals surface area (Å²) < 4.78 is 7.05. The Kier molecular flexibility index (Phi) is 6.47. The van der Waals surface area contributed by atoms with Crippen LogP contribution < -0.4 is 5.32 Å². The fourth-order valence-electron chi connectivity index (χ4n) is 4.44. The number of carbonyl (C=O) groups excluding carboxylic acids is 3. The molecule has 1 N–H and O–H groups in total. The van der Waals surface area contributed by atoms with E-state index in [4.69, 9.17) is 4.74 Å². The summed E-state index contributed by atoms with van der Waals surface area (Å²) in [6, 6.07) is 7.65. The Labute approximate surface area is 176 Å². The molecule has 2 amide bonds. The molecule has 7 heteroatoms. The van der Waals surface area contributed by atoms with Gasteiger partial charge in [0.15, 0.2) is 0 Å². The number of hydrogen-bond donors (Lipinski definition) is 1. The van der Waals surface area contributed by atoms with Gasteiger partial charge >= 0.3 is 0 Å². The van der Waals surface area contributed by atoms with Gasteiger partial charge in [-0.15, -0.1) is 0 Å². The van der Waals surface area contributed by atoms with Crippen molar-refractivity contribution >= 4 is 28.5 Å². The molecule has 160 valence electrons. The maximum absolute atomic E-state index is 13.0. The molecule has 0 atom stereocenters. The van der Waals surface area contributed by atoms with Crippen molar-refractivity contribution in [1.82, 2.24) is 14.8 Å². The van der Waals surface area contributed by atoms with Crippen molar-refractivity contribution in [1.29, 1.82) is 0 Å². The number of ketones is 1. The van der Waals surface area contributed by atoms with Crippen LogP contribution in [0.15, 0.2) is 30.5 Å². The van der Waals surface area contributed by atoms with E-state index in [0.717, 1.165) is 31.2 Å². The zero-order valence-corrected chi connectivity index (χ0v) is 17.3. The Morgan fingerprint density at radius 3 is 2.43 bits per heavy atom. The second kappa shape index (κ2) is 9.43. The first kappa shape index (κ1) is 20.6. The second-order valence-electron chi connectivity index (χ2n) is 8.18. The Morgan fingerprint density at radius 2 is 1.70 bits per heavy atom. The van der Waals surface area contributed by atoms with Crippen LogP contribution in [-0.2, 0) is 20.9 Å². The molecule has 2 heterocycles. The molecule has 0 bridgehead atoms. The molecule has 0 spiro atoms. The van der Waals surface area contributed by atoms with E-state index in [1.54, 1.807) is 10.8 Å². The van der Waals surface area contributed by atoms with Crippen LogP contribution in [0.4, 0.5) is 0 Å². The van der Waals surface area contributed by atoms with Gasteiger partial charge in [0.05, 0.1) is 18.8 Å². The first-order valence-corrected chi connectivity index (χ1v) is 10.9. The molecule has 2 aliphatic rings. The van der Waals surface area contributed by atoms with Gasteiger partial charge in [-0.3, -0.25) is 14.4 Å². The normalized spacial score (nSPS) is 18.2. The van der Waals surface area contributed by atoms with Crippen LogP contribution in [0.2, 0.25) is 0 Å². The minimum Gasteiger partial charge on any atom is -0.378 e. The molecule has 4 rings (SSSR count). The lowest BCUT2D eigenvalue weighted by atomic mass is 10.1. The van der Waals surface area contributed by atoms with Crippen molar-refractivity contribution in [2.45, 2.75) is 51.1 Å². The van der Waals surface area contributed by atoms with E-state index in [2.05, 4.69) is 5.32 Å². The lowest BCUT2D eigenvalue weighted by molar-refractivity contribution is -0.130. The molecule has 1 aromatic carbocycles. The van der Waals surface area contributed by atoms with E-state index in [1.165, 1.54) is 17.7 Å². The molecule has 7 nitrogen and oxygen atoms in total. The monoisotopic (exact) mass is 411 g/mol. The lowest BCUT2D eigenvalue weighted by Crippen LogP contribution is -2.44. The first-order chi connectivity index (χ1) is 14.6. The molecule has 0 radical (unpaired) electrons. The van der Waals surface area contributed by atoms with E-state index < -0.39 is 11.7 Å². The molecule has 0 unspecified atom stereocenters. The van der Waals surface area contributed by atoms with Gasteiger partial charge in [-0.2, -0.15) is 0 Å². The number of ether oxygens (including phenoxy) is 1. The largest absolute Gasteiger partial charge is 0.378 e. The molecule has 2 fully saturated rings. The number of rotatable bonds is 5. The van der Waals surface area contributed by atoms with Crippen molar-refractivity contribution in [3.05, 3.63) is 36.0 Å². The number of hydrogen-bond acceptors (Lipinski definition) is 4. The summed E-state index contributed by atoms with van der Waals surface area (Å²) in [6.07, 6.45) is 8.47. The Morgan fingerprint density at radius 1 is 1.00 bits per heavy atom. The van der Waals surface area contributed by atoms with Crippen LogP contribution >= 0.6 is 0 Å². The minimum atomic E-state index is -0.531. The Hall–Kier alpha value is -2.67. The third-order valence-corrected chi connectivity index (χ3v) is 6.06. The number of nitrogens with zero attached hydrogens (tertiary/aromatic N) is 2. The van der Waals surface area contributed by atoms with Crippen molar-refractivity contribution in [2.75, 3.05) is 26.3 Å². The topological polar surface area (TPSA) is 80.6 Å². The summed E-state index contributed by atoms with van der Waals surface area (Å²) in [4.78, 5) is 39.9. The highest BCUT2D eigenvalue weighted by atomic mass is 16.5. The molecule has 30 heavy (non-hydrogen) atoms. The van der Waals surface area contributed by atoms with Gasteiger partial charge in [0.2, 0.25) is 5.91 Å². The quantitative estimate of drug-likeness (QED) is 0.466. The van der Waals surface area contributed by atoms with Crippen LogP contribution in [0.25, 0.3) is 10.9 Å². The van der Waals surface area contributed by atoms with Gasteiger partial charge in [-0.25, -0.2) is 0 Å². The number of nitrogens with one attached hydrogen (secondary N) is 1. The smallest absolute Gasteiger partial charge is 0.295 e. The molecule has 1 saturated heterocycles. The van der Waals surface area contributed by atoms with Crippen LogP contribution in [0.3, 0.4) is 0 Å². The zero-order chi connectivity index (χ0) is 20.9. The number of carbonyl (C=O) groups is 3. The minimum absolute atomic E-state index is 0.0545. The number of Topliss-reactive ketones (excluding diaryl/α,β-unsaturated/α-hetero) is 1. The van der Waals surface area contributed by atoms with Crippen LogP contribution in [0.1, 0.15) is 48.9 Å². The van der Waals surface area contributed by atoms with E-state index in [-0.39, 0.29) is 18.5 Å². The van der Waals surface area contributed by atoms with E-state index >= 15 is 0 Å². The average molecular weight is 412 g/mol. The van der Waals surface area contributed by atoms with Crippen LogP contribution in [0, 0.1) is 0 Å². The molecular weight excluding hydrogens is 382 g/mol. The summed E-state index contributed by atoms with van der Waals surface area (Å²) in [5, 5.41) is 3.85. The highest BCUT2D eigenvalue weighted by Crippen LogP contribution is 2.23. The fourth-order valence-corrected chi connectivity index (χ4v) is 4.44. The van der Waals surface area contributed by atoms with Crippen molar-refractivity contribution in [3.63, 3.8) is 0 Å². The van der Waals surface area contributed by atoms with Gasteiger partial charge in [0.1, 0.15) is 6.54 Å². The fraction of sp³-hybridized carbons (Fsp3) is 0.522. The Balaban J connectivity index is 1.52. The third-order valence-electron chi connectivity index (χ3n) is 6.06.